The van der Waals surface area contributed by atoms with Crippen LogP contribution >= 0.6 is 11.3 Å². The number of hydrogen-bond acceptors (Lipinski definition) is 5. The fourth-order valence-corrected chi connectivity index (χ4v) is 2.69. The Kier molecular flexibility index (Phi) is 4.53. The van der Waals surface area contributed by atoms with Crippen molar-refractivity contribution < 1.29 is 4.79 Å². The van der Waals surface area contributed by atoms with E-state index in [1.807, 2.05) is 18.4 Å². The minimum Gasteiger partial charge on any atom is -0.349 e. The van der Waals surface area contributed by atoms with E-state index in [-0.39, 0.29) is 17.5 Å². The van der Waals surface area contributed by atoms with E-state index in [0.717, 1.165) is 31.4 Å². The van der Waals surface area contributed by atoms with Crippen LogP contribution in [0, 0.1) is 18.3 Å². The predicted octanol–water partition coefficient (Wildman–Crippen LogP) is 2.33. The number of carbonyl (C=O) groups is 1. The zero-order valence-corrected chi connectivity index (χ0v) is 11.6. The van der Waals surface area contributed by atoms with E-state index in [0.29, 0.717) is 5.13 Å². The van der Waals surface area contributed by atoms with E-state index in [2.05, 4.69) is 15.6 Å². The smallest absolute Gasteiger partial charge is 0.263 e. The van der Waals surface area contributed by atoms with Crippen LogP contribution in [0.25, 0.3) is 0 Å². The molecule has 100 valence electrons. The number of aromatic nitrogens is 1. The third kappa shape index (κ3) is 3.80. The molecule has 1 aliphatic rings. The maximum Gasteiger partial charge on any atom is 0.263 e. The molecule has 0 aromatic carbocycles. The third-order valence-corrected chi connectivity index (χ3v) is 3.91. The molecule has 1 aromatic heterocycles. The summed E-state index contributed by atoms with van der Waals surface area (Å²) in [4.78, 5) is 16.1. The summed E-state index contributed by atoms with van der Waals surface area (Å²) < 4.78 is 0. The molecule has 0 saturated heterocycles. The van der Waals surface area contributed by atoms with Gasteiger partial charge in [-0.3, -0.25) is 4.79 Å². The second-order valence-corrected chi connectivity index (χ2v) is 5.42. The first-order valence-corrected chi connectivity index (χ1v) is 7.17. The minimum absolute atomic E-state index is 0.0831. The Labute approximate surface area is 116 Å². The lowest BCUT2D eigenvalue weighted by molar-refractivity contribution is -0.117. The van der Waals surface area contributed by atoms with Gasteiger partial charge in [0.05, 0.1) is 5.69 Å². The number of nitrogens with one attached hydrogen (secondary N) is 2. The molecule has 1 fully saturated rings. The lowest BCUT2D eigenvalue weighted by atomic mass is 10.2. The first-order chi connectivity index (χ1) is 9.19. The first-order valence-electron chi connectivity index (χ1n) is 6.29. The molecule has 2 N–H and O–H groups in total. The van der Waals surface area contributed by atoms with E-state index in [4.69, 9.17) is 5.26 Å². The first kappa shape index (κ1) is 13.6. The highest BCUT2D eigenvalue weighted by molar-refractivity contribution is 7.13. The van der Waals surface area contributed by atoms with Gasteiger partial charge in [-0.1, -0.05) is 12.8 Å². The number of thiazole rings is 1. The molecule has 1 aliphatic carbocycles. The van der Waals surface area contributed by atoms with Gasteiger partial charge in [0.2, 0.25) is 0 Å². The number of amides is 1. The van der Waals surface area contributed by atoms with Crippen LogP contribution in [-0.2, 0) is 4.79 Å². The quantitative estimate of drug-likeness (QED) is 0.653. The molecular weight excluding hydrogens is 260 g/mol. The van der Waals surface area contributed by atoms with Crippen LogP contribution < -0.4 is 10.6 Å². The summed E-state index contributed by atoms with van der Waals surface area (Å²) in [6.45, 7) is 1.89. The van der Waals surface area contributed by atoms with Crippen LogP contribution in [0.3, 0.4) is 0 Å². The van der Waals surface area contributed by atoms with Gasteiger partial charge in [0.1, 0.15) is 11.6 Å². The van der Waals surface area contributed by atoms with Gasteiger partial charge in [0.15, 0.2) is 5.13 Å². The van der Waals surface area contributed by atoms with E-state index < -0.39 is 0 Å². The molecule has 2 rings (SSSR count). The SMILES string of the molecule is Cc1csc(N/C=C(/C#N)C(=O)NC2CCCC2)n1. The van der Waals surface area contributed by atoms with Gasteiger partial charge in [-0.05, 0) is 19.8 Å². The van der Waals surface area contributed by atoms with Crippen molar-refractivity contribution >= 4 is 22.4 Å². The molecule has 1 aromatic rings. The van der Waals surface area contributed by atoms with E-state index in [1.54, 1.807) is 0 Å². The Bertz CT molecular complexity index is 523. The molecule has 0 aliphatic heterocycles. The van der Waals surface area contributed by atoms with Crippen molar-refractivity contribution in [2.75, 3.05) is 5.32 Å². The number of rotatable bonds is 4. The van der Waals surface area contributed by atoms with Crippen LogP contribution in [0.4, 0.5) is 5.13 Å². The largest absolute Gasteiger partial charge is 0.349 e. The second-order valence-electron chi connectivity index (χ2n) is 4.56. The van der Waals surface area contributed by atoms with Gasteiger partial charge >= 0.3 is 0 Å². The van der Waals surface area contributed by atoms with Crippen LogP contribution in [-0.4, -0.2) is 16.9 Å². The van der Waals surface area contributed by atoms with Crippen LogP contribution in [0.5, 0.6) is 0 Å². The fourth-order valence-electron chi connectivity index (χ4n) is 2.04. The Morgan fingerprint density at radius 3 is 2.89 bits per heavy atom. The van der Waals surface area contributed by atoms with E-state index in [1.165, 1.54) is 17.5 Å². The molecule has 19 heavy (non-hydrogen) atoms. The summed E-state index contributed by atoms with van der Waals surface area (Å²) in [6.07, 6.45) is 5.72. The molecule has 1 amide bonds. The molecule has 5 nitrogen and oxygen atoms in total. The molecule has 0 unspecified atom stereocenters. The Balaban J connectivity index is 1.94. The molecule has 0 spiro atoms. The van der Waals surface area contributed by atoms with Gasteiger partial charge in [0, 0.05) is 17.6 Å². The van der Waals surface area contributed by atoms with Gasteiger partial charge in [-0.15, -0.1) is 11.3 Å². The van der Waals surface area contributed by atoms with E-state index >= 15 is 0 Å². The lowest BCUT2D eigenvalue weighted by Gasteiger charge is -2.10. The molecule has 0 bridgehead atoms. The topological polar surface area (TPSA) is 77.8 Å². The van der Waals surface area contributed by atoms with Gasteiger partial charge < -0.3 is 10.6 Å². The van der Waals surface area contributed by atoms with Gasteiger partial charge in [-0.25, -0.2) is 4.98 Å². The van der Waals surface area contributed by atoms with Crippen molar-refractivity contribution in [1.29, 1.82) is 5.26 Å². The Hall–Kier alpha value is -1.87. The Morgan fingerprint density at radius 2 is 2.32 bits per heavy atom. The molecule has 1 heterocycles. The maximum absolute atomic E-state index is 11.9. The van der Waals surface area contributed by atoms with Crippen molar-refractivity contribution in [3.8, 4) is 6.07 Å². The molecule has 0 radical (unpaired) electrons. The maximum atomic E-state index is 11.9. The second kappa shape index (κ2) is 6.34. The number of aryl methyl sites for hydroxylation is 1. The average Bonchev–Trinajstić information content (AvgIpc) is 3.02. The van der Waals surface area contributed by atoms with Crippen molar-refractivity contribution in [2.24, 2.45) is 0 Å². The molecule has 0 atom stereocenters. The van der Waals surface area contributed by atoms with Crippen LogP contribution in [0.1, 0.15) is 31.4 Å². The molecule has 6 heteroatoms. The van der Waals surface area contributed by atoms with Crippen molar-refractivity contribution in [1.82, 2.24) is 10.3 Å². The number of nitriles is 1. The van der Waals surface area contributed by atoms with Gasteiger partial charge in [-0.2, -0.15) is 5.26 Å². The highest BCUT2D eigenvalue weighted by Gasteiger charge is 2.19. The van der Waals surface area contributed by atoms with E-state index in [9.17, 15) is 4.79 Å². The number of nitrogens with zero attached hydrogens (tertiary/aromatic N) is 2. The number of hydrogen-bond donors (Lipinski definition) is 2. The normalized spacial score (nSPS) is 16.1. The fraction of sp³-hybridized carbons (Fsp3) is 0.462. The summed E-state index contributed by atoms with van der Waals surface area (Å²) >= 11 is 1.44. The zero-order chi connectivity index (χ0) is 13.7. The minimum atomic E-state index is -0.310. The Morgan fingerprint density at radius 1 is 1.58 bits per heavy atom. The van der Waals surface area contributed by atoms with Crippen molar-refractivity contribution in [2.45, 2.75) is 38.6 Å². The third-order valence-electron chi connectivity index (χ3n) is 3.01. The molecular formula is C13H16N4OS. The van der Waals surface area contributed by atoms with Crippen LogP contribution in [0.2, 0.25) is 0 Å². The summed E-state index contributed by atoms with van der Waals surface area (Å²) in [5.41, 5.74) is 0.995. The lowest BCUT2D eigenvalue weighted by Crippen LogP contribution is -2.33. The zero-order valence-electron chi connectivity index (χ0n) is 10.8. The summed E-state index contributed by atoms with van der Waals surface area (Å²) in [6, 6.07) is 2.13. The summed E-state index contributed by atoms with van der Waals surface area (Å²) in [7, 11) is 0. The van der Waals surface area contributed by atoms with Gasteiger partial charge in [0.25, 0.3) is 5.91 Å². The summed E-state index contributed by atoms with van der Waals surface area (Å²) in [5, 5.41) is 17.4. The highest BCUT2D eigenvalue weighted by Crippen LogP contribution is 2.18. The van der Waals surface area contributed by atoms with Crippen molar-refractivity contribution in [3.63, 3.8) is 0 Å². The molecule has 1 saturated carbocycles. The van der Waals surface area contributed by atoms with Crippen LogP contribution in [0.15, 0.2) is 17.2 Å². The highest BCUT2D eigenvalue weighted by atomic mass is 32.1. The van der Waals surface area contributed by atoms with Crippen molar-refractivity contribution in [3.05, 3.63) is 22.8 Å². The average molecular weight is 276 g/mol. The number of anilines is 1. The summed E-state index contributed by atoms with van der Waals surface area (Å²) in [5.74, 6) is -0.310. The monoisotopic (exact) mass is 276 g/mol. The number of carbonyl (C=O) groups excluding carboxylic acids is 1. The standard InChI is InChI=1S/C13H16N4OS/c1-9-8-19-13(16-9)15-7-10(6-14)12(18)17-11-4-2-3-5-11/h7-8,11H,2-5H2,1H3,(H,15,16)(H,17,18)/b10-7-. The predicted molar refractivity (Wildman–Crippen MR) is 74.6 cm³/mol.